The highest BCUT2D eigenvalue weighted by Crippen LogP contribution is 2.17. The molecule has 2 N–H and O–H groups in total. The zero-order valence-corrected chi connectivity index (χ0v) is 12.7. The fourth-order valence-corrected chi connectivity index (χ4v) is 3.55. The summed E-state index contributed by atoms with van der Waals surface area (Å²) in [7, 11) is -3.32. The molecule has 1 fully saturated rings. The van der Waals surface area contributed by atoms with E-state index < -0.39 is 10.2 Å². The topological polar surface area (TPSA) is 61.4 Å². The number of nitrogens with zero attached hydrogens (tertiary/aromatic N) is 1. The number of nitrogens with one attached hydrogen (secondary N) is 2. The number of hydrogen-bond donors (Lipinski definition) is 2. The molecule has 1 aromatic rings. The Labute approximate surface area is 121 Å². The van der Waals surface area contributed by atoms with Gasteiger partial charge in [-0.3, -0.25) is 0 Å². The van der Waals surface area contributed by atoms with Crippen LogP contribution in [0.1, 0.15) is 24.8 Å². The molecule has 1 saturated heterocycles. The van der Waals surface area contributed by atoms with Gasteiger partial charge in [0.15, 0.2) is 0 Å². The van der Waals surface area contributed by atoms with Crippen LogP contribution in [0.3, 0.4) is 0 Å². The van der Waals surface area contributed by atoms with Crippen LogP contribution in [0.25, 0.3) is 0 Å². The van der Waals surface area contributed by atoms with E-state index >= 15 is 0 Å². The Balaban J connectivity index is 1.80. The summed E-state index contributed by atoms with van der Waals surface area (Å²) in [6.45, 7) is 5.13. The highest BCUT2D eigenvalue weighted by atomic mass is 32.2. The SMILES string of the molecule is CC(CCNS(=O)(=O)N1CCNCC1)c1ccccc1. The van der Waals surface area contributed by atoms with Crippen molar-refractivity contribution in [1.29, 1.82) is 0 Å². The Morgan fingerprint density at radius 1 is 1.25 bits per heavy atom. The number of piperazine rings is 1. The lowest BCUT2D eigenvalue weighted by molar-refractivity contribution is 0.354. The van der Waals surface area contributed by atoms with Crippen LogP contribution in [0.2, 0.25) is 0 Å². The molecule has 1 aliphatic heterocycles. The van der Waals surface area contributed by atoms with Gasteiger partial charge in [-0.2, -0.15) is 12.7 Å². The minimum absolute atomic E-state index is 0.349. The Bertz CT molecular complexity index is 498. The molecular weight excluding hydrogens is 274 g/mol. The van der Waals surface area contributed by atoms with E-state index in [1.54, 1.807) is 0 Å². The normalized spacial score (nSPS) is 18.9. The van der Waals surface area contributed by atoms with Crippen molar-refractivity contribution in [2.45, 2.75) is 19.3 Å². The lowest BCUT2D eigenvalue weighted by Crippen LogP contribution is -2.50. The van der Waals surface area contributed by atoms with Gasteiger partial charge in [0.2, 0.25) is 0 Å². The second kappa shape index (κ2) is 7.17. The standard InChI is InChI=1S/C14H23N3O2S/c1-13(14-5-3-2-4-6-14)7-8-16-20(18,19)17-11-9-15-10-12-17/h2-6,13,15-16H,7-12H2,1H3. The van der Waals surface area contributed by atoms with Gasteiger partial charge >= 0.3 is 0 Å². The van der Waals surface area contributed by atoms with Crippen molar-refractivity contribution < 1.29 is 8.42 Å². The molecule has 1 unspecified atom stereocenters. The maximum Gasteiger partial charge on any atom is 0.279 e. The first kappa shape index (κ1) is 15.4. The van der Waals surface area contributed by atoms with Crippen molar-refractivity contribution in [1.82, 2.24) is 14.3 Å². The minimum atomic E-state index is -3.32. The summed E-state index contributed by atoms with van der Waals surface area (Å²) in [6, 6.07) is 10.2. The number of hydrogen-bond acceptors (Lipinski definition) is 3. The summed E-state index contributed by atoms with van der Waals surface area (Å²) < 4.78 is 28.4. The van der Waals surface area contributed by atoms with Crippen LogP contribution in [0, 0.1) is 0 Å². The van der Waals surface area contributed by atoms with Crippen molar-refractivity contribution in [2.75, 3.05) is 32.7 Å². The van der Waals surface area contributed by atoms with Gasteiger partial charge in [0.05, 0.1) is 0 Å². The van der Waals surface area contributed by atoms with Crippen molar-refractivity contribution in [2.24, 2.45) is 0 Å². The van der Waals surface area contributed by atoms with Crippen LogP contribution >= 0.6 is 0 Å². The molecule has 0 aromatic heterocycles. The second-order valence-corrected chi connectivity index (χ2v) is 6.90. The van der Waals surface area contributed by atoms with Crippen LogP contribution in [0.5, 0.6) is 0 Å². The summed E-state index contributed by atoms with van der Waals surface area (Å²) in [4.78, 5) is 0. The van der Waals surface area contributed by atoms with E-state index in [0.717, 1.165) is 19.5 Å². The first-order valence-corrected chi connectivity index (χ1v) is 8.54. The predicted octanol–water partition coefficient (Wildman–Crippen LogP) is 0.920. The largest absolute Gasteiger partial charge is 0.314 e. The third-order valence-electron chi connectivity index (χ3n) is 3.65. The number of rotatable bonds is 6. The van der Waals surface area contributed by atoms with E-state index in [1.807, 2.05) is 18.2 Å². The van der Waals surface area contributed by atoms with E-state index in [4.69, 9.17) is 0 Å². The van der Waals surface area contributed by atoms with Crippen molar-refractivity contribution in [3.05, 3.63) is 35.9 Å². The van der Waals surface area contributed by atoms with Gasteiger partial charge in [-0.15, -0.1) is 0 Å². The Morgan fingerprint density at radius 2 is 1.90 bits per heavy atom. The fourth-order valence-electron chi connectivity index (χ4n) is 2.33. The molecule has 6 heteroatoms. The summed E-state index contributed by atoms with van der Waals surface area (Å²) >= 11 is 0. The first-order valence-electron chi connectivity index (χ1n) is 7.10. The lowest BCUT2D eigenvalue weighted by Gasteiger charge is -2.26. The highest BCUT2D eigenvalue weighted by Gasteiger charge is 2.23. The molecule has 0 radical (unpaired) electrons. The van der Waals surface area contributed by atoms with Gasteiger partial charge in [0.25, 0.3) is 10.2 Å². The maximum absolute atomic E-state index is 12.1. The van der Waals surface area contributed by atoms with E-state index in [1.165, 1.54) is 9.87 Å². The van der Waals surface area contributed by atoms with Crippen molar-refractivity contribution in [3.63, 3.8) is 0 Å². The molecule has 20 heavy (non-hydrogen) atoms. The van der Waals surface area contributed by atoms with Gasteiger partial charge in [0, 0.05) is 32.7 Å². The lowest BCUT2D eigenvalue weighted by atomic mass is 9.98. The van der Waals surface area contributed by atoms with E-state index in [0.29, 0.717) is 25.6 Å². The molecule has 5 nitrogen and oxygen atoms in total. The average molecular weight is 297 g/mol. The van der Waals surface area contributed by atoms with Crippen LogP contribution in [-0.2, 0) is 10.2 Å². The van der Waals surface area contributed by atoms with E-state index in [9.17, 15) is 8.42 Å². The highest BCUT2D eigenvalue weighted by molar-refractivity contribution is 7.87. The van der Waals surface area contributed by atoms with Gasteiger partial charge in [0.1, 0.15) is 0 Å². The molecule has 2 rings (SSSR count). The maximum atomic E-state index is 12.1. The summed E-state index contributed by atoms with van der Waals surface area (Å²) in [5, 5.41) is 3.15. The third-order valence-corrected chi connectivity index (χ3v) is 5.26. The number of benzene rings is 1. The molecule has 0 aliphatic carbocycles. The van der Waals surface area contributed by atoms with E-state index in [-0.39, 0.29) is 0 Å². The molecule has 1 aliphatic rings. The molecule has 0 spiro atoms. The third kappa shape index (κ3) is 4.28. The van der Waals surface area contributed by atoms with Crippen LogP contribution in [0.15, 0.2) is 30.3 Å². The van der Waals surface area contributed by atoms with Gasteiger partial charge in [-0.05, 0) is 17.9 Å². The van der Waals surface area contributed by atoms with Crippen molar-refractivity contribution in [3.8, 4) is 0 Å². The van der Waals surface area contributed by atoms with Crippen LogP contribution in [0.4, 0.5) is 0 Å². The molecule has 1 heterocycles. The zero-order chi connectivity index (χ0) is 14.4. The molecular formula is C14H23N3O2S. The Morgan fingerprint density at radius 3 is 2.55 bits per heavy atom. The summed E-state index contributed by atoms with van der Waals surface area (Å²) in [5.41, 5.74) is 1.24. The molecule has 1 aromatic carbocycles. The smallest absolute Gasteiger partial charge is 0.279 e. The van der Waals surface area contributed by atoms with Gasteiger partial charge in [-0.1, -0.05) is 37.3 Å². The van der Waals surface area contributed by atoms with Crippen LogP contribution < -0.4 is 10.0 Å². The Kier molecular flexibility index (Phi) is 5.54. The molecule has 0 bridgehead atoms. The monoisotopic (exact) mass is 297 g/mol. The molecule has 112 valence electrons. The van der Waals surface area contributed by atoms with Gasteiger partial charge < -0.3 is 5.32 Å². The Hall–Kier alpha value is -0.950. The fraction of sp³-hybridized carbons (Fsp3) is 0.571. The first-order chi connectivity index (χ1) is 9.59. The molecule has 0 saturated carbocycles. The quantitative estimate of drug-likeness (QED) is 0.821. The van der Waals surface area contributed by atoms with Gasteiger partial charge in [-0.25, -0.2) is 4.72 Å². The summed E-state index contributed by atoms with van der Waals surface area (Å²) in [6.07, 6.45) is 0.801. The van der Waals surface area contributed by atoms with E-state index in [2.05, 4.69) is 29.1 Å². The zero-order valence-electron chi connectivity index (χ0n) is 11.9. The average Bonchev–Trinajstić information content (AvgIpc) is 2.49. The second-order valence-electron chi connectivity index (χ2n) is 5.15. The van der Waals surface area contributed by atoms with Crippen molar-refractivity contribution >= 4 is 10.2 Å². The molecule has 1 atom stereocenters. The summed E-state index contributed by atoms with van der Waals surface area (Å²) in [5.74, 6) is 0.349. The molecule has 0 amide bonds. The minimum Gasteiger partial charge on any atom is -0.314 e. The van der Waals surface area contributed by atoms with Crippen LogP contribution in [-0.4, -0.2) is 45.4 Å². The predicted molar refractivity (Wildman–Crippen MR) is 80.8 cm³/mol.